The number of hydrogen-bond acceptors (Lipinski definition) is 3. The lowest BCUT2D eigenvalue weighted by Crippen LogP contribution is -2.33. The molecule has 0 atom stereocenters. The van der Waals surface area contributed by atoms with E-state index in [2.05, 4.69) is 117 Å². The van der Waals surface area contributed by atoms with Crippen LogP contribution in [0.3, 0.4) is 0 Å². The summed E-state index contributed by atoms with van der Waals surface area (Å²) >= 11 is 0. The lowest BCUT2D eigenvalue weighted by atomic mass is 9.63. The van der Waals surface area contributed by atoms with E-state index < -0.39 is 0 Å². The number of nitrogens with zero attached hydrogens (tertiary/aromatic N) is 4. The van der Waals surface area contributed by atoms with Gasteiger partial charge in [-0.15, -0.1) is 0 Å². The number of fused-ring (bicyclic) bond motifs is 1. The van der Waals surface area contributed by atoms with E-state index in [4.69, 9.17) is 21.5 Å². The average Bonchev–Trinajstić information content (AvgIpc) is 3.05. The minimum absolute atomic E-state index is 0.0500. The molecule has 6 rings (SSSR count). The van der Waals surface area contributed by atoms with Gasteiger partial charge in [0.05, 0.1) is 6.57 Å². The molecule has 1 heterocycles. The molecule has 0 aliphatic heterocycles. The second-order valence-corrected chi connectivity index (χ2v) is 16.9. The van der Waals surface area contributed by atoms with Gasteiger partial charge >= 0.3 is 0 Å². The first-order valence-electron chi connectivity index (χ1n) is 17.1. The Kier molecular flexibility index (Phi) is 8.19. The Balaban J connectivity index is 1.56. The SMILES string of the molecule is [C-]#[N+]c1cc(-c2ccc3c(c2)C(C)(C)CCC3(C)C)cc(-c2nc(-c3ccccc3)nc(-c3cc(C(C)(C)C)cc(C(C)(C)C)c3)n2)c1. The highest BCUT2D eigenvalue weighted by atomic mass is 15.0. The molecule has 0 bridgehead atoms. The molecular weight excluding hydrogens is 585 g/mol. The molecule has 1 aromatic heterocycles. The van der Waals surface area contributed by atoms with E-state index in [0.717, 1.165) is 34.2 Å². The van der Waals surface area contributed by atoms with Gasteiger partial charge in [0.25, 0.3) is 0 Å². The van der Waals surface area contributed by atoms with E-state index >= 15 is 0 Å². The van der Waals surface area contributed by atoms with Gasteiger partial charge in [-0.05, 0) is 98.2 Å². The van der Waals surface area contributed by atoms with Crippen molar-refractivity contribution in [2.75, 3.05) is 0 Å². The second-order valence-electron chi connectivity index (χ2n) is 16.9. The van der Waals surface area contributed by atoms with Crippen molar-refractivity contribution in [1.29, 1.82) is 0 Å². The Morgan fingerprint density at radius 2 is 1.02 bits per heavy atom. The van der Waals surface area contributed by atoms with Gasteiger partial charge < -0.3 is 0 Å². The summed E-state index contributed by atoms with van der Waals surface area (Å²) in [6.07, 6.45) is 2.32. The number of benzene rings is 4. The summed E-state index contributed by atoms with van der Waals surface area (Å²) in [5.41, 5.74) is 10.8. The molecule has 48 heavy (non-hydrogen) atoms. The third kappa shape index (κ3) is 6.56. The molecule has 0 N–H and O–H groups in total. The van der Waals surface area contributed by atoms with Crippen LogP contribution in [0.2, 0.25) is 0 Å². The Morgan fingerprint density at radius 1 is 0.521 bits per heavy atom. The van der Waals surface area contributed by atoms with Crippen LogP contribution in [0.15, 0.2) is 84.9 Å². The monoisotopic (exact) mass is 632 g/mol. The van der Waals surface area contributed by atoms with Crippen molar-refractivity contribution >= 4 is 5.69 Å². The van der Waals surface area contributed by atoms with E-state index in [1.165, 1.54) is 28.7 Å². The summed E-state index contributed by atoms with van der Waals surface area (Å²) in [6.45, 7) is 30.9. The van der Waals surface area contributed by atoms with Crippen molar-refractivity contribution in [2.45, 2.75) is 104 Å². The van der Waals surface area contributed by atoms with Gasteiger partial charge in [0.2, 0.25) is 0 Å². The van der Waals surface area contributed by atoms with Crippen LogP contribution in [0.25, 0.3) is 50.1 Å². The quantitative estimate of drug-likeness (QED) is 0.185. The second kappa shape index (κ2) is 11.8. The summed E-state index contributed by atoms with van der Waals surface area (Å²) < 4.78 is 0. The smallest absolute Gasteiger partial charge is 0.188 e. The maximum Gasteiger partial charge on any atom is 0.188 e. The zero-order valence-electron chi connectivity index (χ0n) is 30.3. The van der Waals surface area contributed by atoms with Gasteiger partial charge in [0, 0.05) is 16.7 Å². The first-order chi connectivity index (χ1) is 22.4. The van der Waals surface area contributed by atoms with Crippen molar-refractivity contribution in [2.24, 2.45) is 0 Å². The van der Waals surface area contributed by atoms with Crippen molar-refractivity contribution in [3.63, 3.8) is 0 Å². The standard InChI is InChI=1S/C44H48N4/c1-41(2,3)33-22-32(23-34(27-33)42(4,5)6)40-47-38(28-15-13-12-14-16-28)46-39(48-40)31-21-30(24-35(25-31)45-11)29-17-18-36-37(26-29)44(9,10)20-19-43(36,7)8/h12-18,21-27H,19-20H2,1-10H3. The van der Waals surface area contributed by atoms with E-state index in [1.807, 2.05) is 42.5 Å². The van der Waals surface area contributed by atoms with Crippen LogP contribution in [0.1, 0.15) is 104 Å². The predicted octanol–water partition coefficient (Wildman–Crippen LogP) is 12.0. The van der Waals surface area contributed by atoms with Gasteiger partial charge in [0.1, 0.15) is 0 Å². The van der Waals surface area contributed by atoms with Crippen LogP contribution >= 0.6 is 0 Å². The molecule has 0 fully saturated rings. The summed E-state index contributed by atoms with van der Waals surface area (Å²) in [7, 11) is 0. The van der Waals surface area contributed by atoms with Gasteiger partial charge in [-0.2, -0.15) is 0 Å². The van der Waals surface area contributed by atoms with E-state index in [0.29, 0.717) is 23.2 Å². The molecule has 0 radical (unpaired) electrons. The van der Waals surface area contributed by atoms with Crippen molar-refractivity contribution in [3.05, 3.63) is 119 Å². The van der Waals surface area contributed by atoms with Gasteiger partial charge in [0.15, 0.2) is 23.2 Å². The maximum absolute atomic E-state index is 8.02. The first kappa shape index (κ1) is 33.3. The molecule has 244 valence electrons. The van der Waals surface area contributed by atoms with Crippen LogP contribution in [0, 0.1) is 6.57 Å². The summed E-state index contributed by atoms with van der Waals surface area (Å²) in [4.78, 5) is 19.1. The molecule has 4 aromatic carbocycles. The molecular formula is C44H48N4. The number of aromatic nitrogens is 3. The van der Waals surface area contributed by atoms with Gasteiger partial charge in [-0.25, -0.2) is 19.8 Å². The molecule has 0 unspecified atom stereocenters. The van der Waals surface area contributed by atoms with Crippen LogP contribution in [-0.4, -0.2) is 15.0 Å². The Hall–Kier alpha value is -4.62. The molecule has 5 aromatic rings. The van der Waals surface area contributed by atoms with Crippen LogP contribution in [0.5, 0.6) is 0 Å². The molecule has 4 nitrogen and oxygen atoms in total. The molecule has 1 aliphatic carbocycles. The van der Waals surface area contributed by atoms with E-state index in [-0.39, 0.29) is 21.7 Å². The third-order valence-electron chi connectivity index (χ3n) is 10.1. The average molecular weight is 633 g/mol. The fraction of sp³-hybridized carbons (Fsp3) is 0.364. The Morgan fingerprint density at radius 3 is 1.56 bits per heavy atom. The number of rotatable bonds is 4. The minimum Gasteiger partial charge on any atom is -0.238 e. The summed E-state index contributed by atoms with van der Waals surface area (Å²) in [5.74, 6) is 1.80. The van der Waals surface area contributed by atoms with Gasteiger partial charge in [-0.1, -0.05) is 124 Å². The Bertz CT molecular complexity index is 2020. The van der Waals surface area contributed by atoms with Crippen LogP contribution < -0.4 is 0 Å². The Labute approximate surface area is 287 Å². The van der Waals surface area contributed by atoms with Crippen molar-refractivity contribution in [3.8, 4) is 45.3 Å². The molecule has 0 saturated carbocycles. The van der Waals surface area contributed by atoms with E-state index in [1.54, 1.807) is 0 Å². The molecule has 0 amide bonds. The molecule has 1 aliphatic rings. The largest absolute Gasteiger partial charge is 0.238 e. The fourth-order valence-electron chi connectivity index (χ4n) is 6.71. The lowest BCUT2D eigenvalue weighted by molar-refractivity contribution is 0.332. The highest BCUT2D eigenvalue weighted by molar-refractivity contribution is 5.78. The van der Waals surface area contributed by atoms with Crippen molar-refractivity contribution in [1.82, 2.24) is 15.0 Å². The van der Waals surface area contributed by atoms with Gasteiger partial charge in [-0.3, -0.25) is 0 Å². The normalized spacial score (nSPS) is 15.4. The third-order valence-corrected chi connectivity index (χ3v) is 10.1. The van der Waals surface area contributed by atoms with Crippen molar-refractivity contribution < 1.29 is 0 Å². The summed E-state index contributed by atoms with van der Waals surface area (Å²) in [6, 6.07) is 29.7. The highest BCUT2D eigenvalue weighted by Crippen LogP contribution is 2.47. The van der Waals surface area contributed by atoms with Crippen LogP contribution in [0.4, 0.5) is 5.69 Å². The lowest BCUT2D eigenvalue weighted by Gasteiger charge is -2.42. The topological polar surface area (TPSA) is 43.0 Å². The summed E-state index contributed by atoms with van der Waals surface area (Å²) in [5, 5.41) is 0. The molecule has 4 heteroatoms. The highest BCUT2D eigenvalue weighted by Gasteiger charge is 2.37. The van der Waals surface area contributed by atoms with E-state index in [9.17, 15) is 0 Å². The minimum atomic E-state index is -0.0500. The maximum atomic E-state index is 8.02. The number of hydrogen-bond donors (Lipinski definition) is 0. The zero-order chi connectivity index (χ0) is 34.6. The van der Waals surface area contributed by atoms with Crippen LogP contribution in [-0.2, 0) is 21.7 Å². The first-order valence-corrected chi connectivity index (χ1v) is 17.1. The zero-order valence-corrected chi connectivity index (χ0v) is 30.3. The molecule has 0 spiro atoms. The predicted molar refractivity (Wildman–Crippen MR) is 201 cm³/mol. The fourth-order valence-corrected chi connectivity index (χ4v) is 6.71. The molecule has 0 saturated heterocycles.